The first-order valence-corrected chi connectivity index (χ1v) is 18.7. The predicted octanol–water partition coefficient (Wildman–Crippen LogP) is 12.5. The van der Waals surface area contributed by atoms with Crippen LogP contribution in [-0.4, -0.2) is 9.67 Å². The van der Waals surface area contributed by atoms with Gasteiger partial charge in [0.1, 0.15) is 35.0 Å². The topological polar surface area (TPSA) is 42.2 Å². The van der Waals surface area contributed by atoms with E-state index in [0.717, 1.165) is 92.4 Å². The molecular weight excluding hydrogens is 637 g/mol. The zero-order valence-corrected chi connectivity index (χ0v) is 31.9. The number of benzene rings is 5. The van der Waals surface area contributed by atoms with Crippen molar-refractivity contribution in [1.82, 2.24) is 4.57 Å². The number of fused-ring (bicyclic) bond motifs is 3. The van der Waals surface area contributed by atoms with Crippen LogP contribution in [0.5, 0.6) is 5.75 Å². The maximum Gasteiger partial charge on any atom is 0.294 e. The van der Waals surface area contributed by atoms with Crippen molar-refractivity contribution in [3.8, 4) is 45.1 Å². The van der Waals surface area contributed by atoms with Crippen LogP contribution in [0.3, 0.4) is 0 Å². The van der Waals surface area contributed by atoms with Crippen molar-refractivity contribution >= 4 is 21.9 Å². The maximum atomic E-state index is 11.6. The molecule has 0 aliphatic heterocycles. The number of para-hydroxylation sites is 1. The molecule has 4 heteroatoms. The minimum absolute atomic E-state index is 0.0209. The van der Waals surface area contributed by atoms with Crippen LogP contribution >= 0.6 is 0 Å². The largest absolute Gasteiger partial charge is 0.507 e. The predicted molar refractivity (Wildman–Crippen MR) is 215 cm³/mol. The smallest absolute Gasteiger partial charge is 0.294 e. The fourth-order valence-electron chi connectivity index (χ4n) is 8.40. The Labute approximate surface area is 309 Å². The van der Waals surface area contributed by atoms with E-state index in [1.807, 2.05) is 18.2 Å². The Balaban J connectivity index is 1.15. The summed E-state index contributed by atoms with van der Waals surface area (Å²) in [5.74, 6) is 0.781. The molecule has 1 aliphatic carbocycles. The lowest BCUT2D eigenvalue weighted by molar-refractivity contribution is -0.659. The summed E-state index contributed by atoms with van der Waals surface area (Å²) >= 11 is 0. The van der Waals surface area contributed by atoms with Crippen LogP contribution in [0, 0.1) is 19.3 Å². The molecule has 0 amide bonds. The Bertz CT molecular complexity index is 2530. The third-order valence-electron chi connectivity index (χ3n) is 11.6. The first kappa shape index (κ1) is 32.8. The van der Waals surface area contributed by atoms with Crippen LogP contribution in [0.4, 0.5) is 0 Å². The van der Waals surface area contributed by atoms with Crippen LogP contribution < -0.4 is 4.57 Å². The lowest BCUT2D eigenvalue weighted by Crippen LogP contribution is -2.30. The number of aromatic hydroxyl groups is 1. The molecule has 7 aromatic rings. The Kier molecular flexibility index (Phi) is 7.91. The molecule has 1 aliphatic rings. The summed E-state index contributed by atoms with van der Waals surface area (Å²) in [6, 6.07) is 31.6. The molecule has 0 spiro atoms. The minimum Gasteiger partial charge on any atom is -0.507 e. The molecule has 1 fully saturated rings. The number of aromatic nitrogens is 2. The van der Waals surface area contributed by atoms with Gasteiger partial charge in [0.05, 0.1) is 12.6 Å². The fraction of sp³-hybridized carbons (Fsp3) is 0.312. The molecule has 1 saturated carbocycles. The summed E-state index contributed by atoms with van der Waals surface area (Å²) in [5.41, 5.74) is 12.7. The molecule has 2 heterocycles. The SMILES string of the molecule is [2H]C1(c2ccc3c(c2)oc2ccc(-c4ccc(-c5ccc(C)c(-c6n(-c7ccccc7C(C)(C)C)cc[n+]6C)c5C)c(O)c4)cc23)CCC(C)(C)CC1. The summed E-state index contributed by atoms with van der Waals surface area (Å²) in [4.78, 5) is 0. The minimum atomic E-state index is -0.566. The number of phenolic OH excluding ortho intramolecular Hbond substituents is 1. The van der Waals surface area contributed by atoms with Gasteiger partial charge in [-0.05, 0) is 120 Å². The van der Waals surface area contributed by atoms with Crippen molar-refractivity contribution in [2.75, 3.05) is 0 Å². The lowest BCUT2D eigenvalue weighted by Gasteiger charge is -2.34. The second-order valence-corrected chi connectivity index (χ2v) is 16.8. The molecule has 5 aromatic carbocycles. The second kappa shape index (κ2) is 12.5. The van der Waals surface area contributed by atoms with E-state index in [0.29, 0.717) is 5.41 Å². The van der Waals surface area contributed by atoms with Gasteiger partial charge in [-0.1, -0.05) is 95.3 Å². The first-order valence-electron chi connectivity index (χ1n) is 19.2. The van der Waals surface area contributed by atoms with Crippen LogP contribution in [0.15, 0.2) is 108 Å². The van der Waals surface area contributed by atoms with Crippen LogP contribution in [0.25, 0.3) is 61.3 Å². The Morgan fingerprint density at radius 2 is 1.54 bits per heavy atom. The van der Waals surface area contributed by atoms with Gasteiger partial charge in [0, 0.05) is 23.3 Å². The number of furan rings is 1. The zero-order chi connectivity index (χ0) is 37.4. The van der Waals surface area contributed by atoms with Gasteiger partial charge < -0.3 is 9.52 Å². The van der Waals surface area contributed by atoms with Crippen molar-refractivity contribution in [2.45, 2.75) is 85.5 Å². The highest BCUT2D eigenvalue weighted by Gasteiger charge is 2.30. The summed E-state index contributed by atoms with van der Waals surface area (Å²) in [6.45, 7) is 15.7. The Morgan fingerprint density at radius 3 is 2.29 bits per heavy atom. The van der Waals surface area contributed by atoms with Crippen molar-refractivity contribution in [3.05, 3.63) is 126 Å². The quantitative estimate of drug-likeness (QED) is 0.183. The number of aryl methyl sites for hydroxylation is 2. The van der Waals surface area contributed by atoms with Crippen molar-refractivity contribution < 1.29 is 15.5 Å². The van der Waals surface area contributed by atoms with Gasteiger partial charge in [0.2, 0.25) is 0 Å². The van der Waals surface area contributed by atoms with E-state index in [-0.39, 0.29) is 11.2 Å². The molecule has 0 saturated heterocycles. The van der Waals surface area contributed by atoms with E-state index < -0.39 is 5.89 Å². The molecule has 264 valence electrons. The number of rotatable bonds is 5. The van der Waals surface area contributed by atoms with Gasteiger partial charge in [-0.3, -0.25) is 0 Å². The van der Waals surface area contributed by atoms with E-state index in [2.05, 4.69) is 150 Å². The van der Waals surface area contributed by atoms with Gasteiger partial charge in [0.25, 0.3) is 5.82 Å². The average Bonchev–Trinajstić information content (AvgIpc) is 3.69. The number of imidazole rings is 1. The van der Waals surface area contributed by atoms with Crippen molar-refractivity contribution in [2.24, 2.45) is 12.5 Å². The van der Waals surface area contributed by atoms with E-state index in [1.165, 1.54) is 16.8 Å². The number of nitrogens with zero attached hydrogens (tertiary/aromatic N) is 2. The van der Waals surface area contributed by atoms with Gasteiger partial charge in [-0.25, -0.2) is 4.57 Å². The molecule has 8 rings (SSSR count). The summed E-state index contributed by atoms with van der Waals surface area (Å²) in [6.07, 6.45) is 8.14. The molecule has 4 nitrogen and oxygen atoms in total. The normalized spacial score (nSPS) is 16.0. The van der Waals surface area contributed by atoms with E-state index in [9.17, 15) is 6.48 Å². The molecule has 0 radical (unpaired) electrons. The van der Waals surface area contributed by atoms with E-state index in [1.54, 1.807) is 0 Å². The molecule has 0 bridgehead atoms. The maximum absolute atomic E-state index is 11.6. The summed E-state index contributed by atoms with van der Waals surface area (Å²) in [7, 11) is 2.10. The van der Waals surface area contributed by atoms with Gasteiger partial charge in [-0.2, -0.15) is 4.57 Å². The second-order valence-electron chi connectivity index (χ2n) is 16.8. The molecule has 2 aromatic heterocycles. The zero-order valence-electron chi connectivity index (χ0n) is 32.9. The fourth-order valence-corrected chi connectivity index (χ4v) is 8.40. The van der Waals surface area contributed by atoms with Crippen molar-refractivity contribution in [1.29, 1.82) is 0 Å². The molecular formula is C48H51N2O2+. The third-order valence-corrected chi connectivity index (χ3v) is 11.6. The van der Waals surface area contributed by atoms with Crippen LogP contribution in [0.1, 0.15) is 89.8 Å². The van der Waals surface area contributed by atoms with Crippen LogP contribution in [0.2, 0.25) is 0 Å². The molecule has 1 N–H and O–H groups in total. The number of hydrogen-bond acceptors (Lipinski definition) is 2. The molecule has 0 unspecified atom stereocenters. The Morgan fingerprint density at radius 1 is 0.827 bits per heavy atom. The summed E-state index contributed by atoms with van der Waals surface area (Å²) < 4.78 is 20.1. The Hall–Kier alpha value is -5.09. The number of hydrogen-bond donors (Lipinski definition) is 1. The highest BCUT2D eigenvalue weighted by molar-refractivity contribution is 6.06. The average molecular weight is 689 g/mol. The molecule has 0 atom stereocenters. The summed E-state index contributed by atoms with van der Waals surface area (Å²) in [5, 5.41) is 13.7. The van der Waals surface area contributed by atoms with Gasteiger partial charge in [0.15, 0.2) is 0 Å². The van der Waals surface area contributed by atoms with Crippen LogP contribution in [-0.2, 0) is 12.5 Å². The highest BCUT2D eigenvalue weighted by Crippen LogP contribution is 2.44. The van der Waals surface area contributed by atoms with Crippen molar-refractivity contribution in [3.63, 3.8) is 0 Å². The molecule has 52 heavy (non-hydrogen) atoms. The van der Waals surface area contributed by atoms with Gasteiger partial charge >= 0.3 is 0 Å². The standard InChI is InChI=1S/C48H50N2O2/c1-30-13-17-36(31(2)45(30)46-49(8)25-26-50(46)41-12-10-9-11-40(41)47(3,4)5)37-18-14-34(28-42(37)51)33-16-20-43-39(27-33)38-19-15-35(29-44(38)52-43)32-21-23-48(6,7)24-22-32/h9-20,25-29,32H,21-24H2,1-8H3/p+1/i32D. The monoisotopic (exact) mass is 688 g/mol. The van der Waals surface area contributed by atoms with Gasteiger partial charge in [-0.15, -0.1) is 0 Å². The number of phenols is 1. The highest BCUT2D eigenvalue weighted by atomic mass is 16.3. The lowest BCUT2D eigenvalue weighted by atomic mass is 9.71. The first-order chi connectivity index (χ1) is 25.1. The van der Waals surface area contributed by atoms with E-state index >= 15 is 0 Å². The van der Waals surface area contributed by atoms with E-state index in [4.69, 9.17) is 4.42 Å². The third kappa shape index (κ3) is 5.92.